The number of benzene rings is 1. The summed E-state index contributed by atoms with van der Waals surface area (Å²) in [5, 5.41) is 17.7. The minimum Gasteiger partial charge on any atom is -0.288 e. The molecule has 1 aliphatic rings. The number of rotatable bonds is 0. The SMILES string of the molecule is N#CC(C#N)=C1/C(=C\I)C(=O)c2c(F)c(F)c(F)c(F)c21. The molecule has 0 aromatic heterocycles. The summed E-state index contributed by atoms with van der Waals surface area (Å²) in [6.07, 6.45) is 0. The van der Waals surface area contributed by atoms with Crippen molar-refractivity contribution in [2.24, 2.45) is 0 Å². The molecule has 8 heteroatoms. The van der Waals surface area contributed by atoms with Crippen molar-refractivity contribution in [3.63, 3.8) is 0 Å². The lowest BCUT2D eigenvalue weighted by molar-refractivity contribution is 0.103. The van der Waals surface area contributed by atoms with Crippen LogP contribution in [0.15, 0.2) is 15.2 Å². The van der Waals surface area contributed by atoms with Crippen LogP contribution < -0.4 is 0 Å². The fourth-order valence-electron chi connectivity index (χ4n) is 1.96. The van der Waals surface area contributed by atoms with Crippen LogP contribution in [0.1, 0.15) is 15.9 Å². The van der Waals surface area contributed by atoms with Gasteiger partial charge in [-0.05, 0) is 4.08 Å². The third kappa shape index (κ3) is 1.94. The molecule has 0 heterocycles. The van der Waals surface area contributed by atoms with Crippen molar-refractivity contribution in [3.8, 4) is 12.1 Å². The number of carbonyl (C=O) groups excluding carboxylic acids is 1. The van der Waals surface area contributed by atoms with Gasteiger partial charge in [0.15, 0.2) is 29.1 Å². The van der Waals surface area contributed by atoms with E-state index in [2.05, 4.69) is 0 Å². The summed E-state index contributed by atoms with van der Waals surface area (Å²) >= 11 is 1.56. The number of hydrogen-bond acceptors (Lipinski definition) is 3. The second-order valence-corrected chi connectivity index (χ2v) is 4.45. The smallest absolute Gasteiger partial charge is 0.198 e. The zero-order valence-electron chi connectivity index (χ0n) is 9.77. The zero-order chi connectivity index (χ0) is 15.9. The molecule has 0 saturated heterocycles. The van der Waals surface area contributed by atoms with E-state index in [0.717, 1.165) is 4.08 Å². The van der Waals surface area contributed by atoms with Crippen LogP contribution in [0.5, 0.6) is 0 Å². The topological polar surface area (TPSA) is 64.7 Å². The Morgan fingerprint density at radius 3 is 1.86 bits per heavy atom. The van der Waals surface area contributed by atoms with Crippen LogP contribution in [0.25, 0.3) is 5.57 Å². The van der Waals surface area contributed by atoms with Crippen molar-refractivity contribution in [1.29, 1.82) is 10.5 Å². The van der Waals surface area contributed by atoms with Crippen LogP contribution in [0, 0.1) is 45.9 Å². The molecule has 0 radical (unpaired) electrons. The van der Waals surface area contributed by atoms with Gasteiger partial charge in [0.2, 0.25) is 0 Å². The minimum atomic E-state index is -2.12. The second kappa shape index (κ2) is 5.30. The lowest BCUT2D eigenvalue weighted by Gasteiger charge is -2.05. The van der Waals surface area contributed by atoms with Gasteiger partial charge in [-0.15, -0.1) is 0 Å². The van der Waals surface area contributed by atoms with E-state index in [-0.39, 0.29) is 5.57 Å². The Hall–Kier alpha value is -2.20. The summed E-state index contributed by atoms with van der Waals surface area (Å²) in [5.41, 5.74) is -3.53. The summed E-state index contributed by atoms with van der Waals surface area (Å²) in [7, 11) is 0. The van der Waals surface area contributed by atoms with Gasteiger partial charge in [-0.2, -0.15) is 10.5 Å². The van der Waals surface area contributed by atoms with Crippen LogP contribution in [0.3, 0.4) is 0 Å². The van der Waals surface area contributed by atoms with Gasteiger partial charge >= 0.3 is 0 Å². The van der Waals surface area contributed by atoms with Crippen molar-refractivity contribution < 1.29 is 22.4 Å². The highest BCUT2D eigenvalue weighted by Gasteiger charge is 2.41. The Labute approximate surface area is 128 Å². The van der Waals surface area contributed by atoms with Gasteiger partial charge in [-0.1, -0.05) is 22.6 Å². The molecule has 104 valence electrons. The molecule has 0 fully saturated rings. The fraction of sp³-hybridized carbons (Fsp3) is 0. The molecule has 0 saturated carbocycles. The lowest BCUT2D eigenvalue weighted by atomic mass is 10.00. The minimum absolute atomic E-state index is 0.369. The van der Waals surface area contributed by atoms with E-state index in [4.69, 9.17) is 10.5 Å². The molecule has 2 rings (SSSR count). The Morgan fingerprint density at radius 2 is 1.43 bits per heavy atom. The van der Waals surface area contributed by atoms with Gasteiger partial charge in [0.1, 0.15) is 17.7 Å². The van der Waals surface area contributed by atoms with E-state index in [0.29, 0.717) is 0 Å². The van der Waals surface area contributed by atoms with Crippen LogP contribution in [-0.4, -0.2) is 5.78 Å². The van der Waals surface area contributed by atoms with Crippen molar-refractivity contribution in [3.05, 3.63) is 49.6 Å². The predicted molar refractivity (Wildman–Crippen MR) is 70.9 cm³/mol. The highest BCUT2D eigenvalue weighted by molar-refractivity contribution is 14.1. The van der Waals surface area contributed by atoms with E-state index in [9.17, 15) is 22.4 Å². The molecule has 0 N–H and O–H groups in total. The highest BCUT2D eigenvalue weighted by Crippen LogP contribution is 2.43. The summed E-state index contributed by atoms with van der Waals surface area (Å²) in [5.74, 6) is -9.02. The molecule has 3 nitrogen and oxygen atoms in total. The first-order chi connectivity index (χ1) is 9.90. The summed E-state index contributed by atoms with van der Waals surface area (Å²) < 4.78 is 55.3. The number of fused-ring (bicyclic) bond motifs is 1. The maximum atomic E-state index is 13.9. The molecule has 0 aliphatic heterocycles. The first-order valence-corrected chi connectivity index (χ1v) is 6.41. The van der Waals surface area contributed by atoms with Crippen LogP contribution in [0.4, 0.5) is 17.6 Å². The summed E-state index contributed by atoms with van der Waals surface area (Å²) in [4.78, 5) is 12.0. The normalized spacial score (nSPS) is 14.9. The average Bonchev–Trinajstić information content (AvgIpc) is 2.77. The molecule has 21 heavy (non-hydrogen) atoms. The Morgan fingerprint density at radius 1 is 0.952 bits per heavy atom. The van der Waals surface area contributed by atoms with Crippen molar-refractivity contribution in [1.82, 2.24) is 0 Å². The fourth-order valence-corrected chi connectivity index (χ4v) is 2.56. The number of nitriles is 2. The van der Waals surface area contributed by atoms with Gasteiger partial charge in [0.05, 0.1) is 5.56 Å². The van der Waals surface area contributed by atoms with Crippen LogP contribution in [0.2, 0.25) is 0 Å². The molecule has 1 aliphatic carbocycles. The molecule has 1 aromatic rings. The maximum absolute atomic E-state index is 13.9. The molecule has 0 unspecified atom stereocenters. The van der Waals surface area contributed by atoms with Crippen molar-refractivity contribution in [2.75, 3.05) is 0 Å². The third-order valence-corrected chi connectivity index (χ3v) is 3.46. The molecule has 0 bridgehead atoms. The Bertz CT molecular complexity index is 827. The molecule has 1 aromatic carbocycles. The summed E-state index contributed by atoms with van der Waals surface area (Å²) in [6, 6.07) is 2.83. The van der Waals surface area contributed by atoms with Crippen LogP contribution >= 0.6 is 22.6 Å². The number of halogens is 5. The monoisotopic (exact) mass is 404 g/mol. The first kappa shape index (κ1) is 15.2. The van der Waals surface area contributed by atoms with E-state index in [1.807, 2.05) is 0 Å². The summed E-state index contributed by atoms with van der Waals surface area (Å²) in [6.45, 7) is 0. The Balaban J connectivity index is 3.10. The van der Waals surface area contributed by atoms with Crippen molar-refractivity contribution in [2.45, 2.75) is 0 Å². The molecular weight excluding hydrogens is 403 g/mol. The molecular formula is C13HF4IN2O. The third-order valence-electron chi connectivity index (χ3n) is 2.84. The largest absolute Gasteiger partial charge is 0.288 e. The van der Waals surface area contributed by atoms with Gasteiger partial charge in [0, 0.05) is 16.7 Å². The second-order valence-electron chi connectivity index (χ2n) is 3.83. The molecule has 0 spiro atoms. The molecule has 0 atom stereocenters. The Kier molecular flexibility index (Phi) is 3.83. The van der Waals surface area contributed by atoms with Gasteiger partial charge in [-0.25, -0.2) is 17.6 Å². The zero-order valence-corrected chi connectivity index (χ0v) is 11.9. The highest BCUT2D eigenvalue weighted by atomic mass is 127. The quantitative estimate of drug-likeness (QED) is 0.166. The number of allylic oxidation sites excluding steroid dienone is 3. The van der Waals surface area contributed by atoms with E-state index >= 15 is 0 Å². The number of nitrogens with zero attached hydrogens (tertiary/aromatic N) is 2. The van der Waals surface area contributed by atoms with Crippen LogP contribution in [-0.2, 0) is 0 Å². The van der Waals surface area contributed by atoms with E-state index in [1.54, 1.807) is 22.6 Å². The van der Waals surface area contributed by atoms with Crippen molar-refractivity contribution >= 4 is 33.9 Å². The van der Waals surface area contributed by atoms with Gasteiger partial charge in [-0.3, -0.25) is 4.79 Å². The average molecular weight is 404 g/mol. The standard InChI is InChI=1S/C13HF4IN2O/c14-9-7-6(4(2-19)3-20)5(1-18)13(21)8(7)10(15)12(17)11(9)16/h1H/b5-1+. The van der Waals surface area contributed by atoms with Gasteiger partial charge < -0.3 is 0 Å². The van der Waals surface area contributed by atoms with E-state index in [1.165, 1.54) is 12.1 Å². The number of hydrogen-bond donors (Lipinski definition) is 0. The first-order valence-electron chi connectivity index (χ1n) is 5.16. The van der Waals surface area contributed by atoms with E-state index < -0.39 is 51.3 Å². The van der Waals surface area contributed by atoms with Gasteiger partial charge in [0.25, 0.3) is 0 Å². The lowest BCUT2D eigenvalue weighted by Crippen LogP contribution is -2.06. The maximum Gasteiger partial charge on any atom is 0.198 e. The number of ketones is 1. The predicted octanol–water partition coefficient (Wildman–Crippen LogP) is 3.56. The number of Topliss-reactive ketones (excluding diaryl/α,β-unsaturated/α-hetero) is 1. The number of carbonyl (C=O) groups is 1. The molecule has 0 amide bonds.